The monoisotopic (exact) mass is 262 g/mol. The van der Waals surface area contributed by atoms with E-state index >= 15 is 0 Å². The zero-order valence-electron chi connectivity index (χ0n) is 12.0. The van der Waals surface area contributed by atoms with Crippen molar-refractivity contribution in [2.45, 2.75) is 19.5 Å². The van der Waals surface area contributed by atoms with Crippen molar-refractivity contribution in [2.24, 2.45) is 9.98 Å². The molecular weight excluding hydrogens is 240 g/mol. The minimum Gasteiger partial charge on any atom is -0.367 e. The molecule has 0 aliphatic carbocycles. The third kappa shape index (κ3) is 3.49. The number of aliphatic imine (C=N–C) groups is 2. The molecule has 0 fully saturated rings. The minimum atomic E-state index is -0.0386. The molecule has 0 spiro atoms. The van der Waals surface area contributed by atoms with E-state index in [9.17, 15) is 0 Å². The standard InChI is InChI=1S/C13H22N6/c1-10-15-12(18(2)3)17-13(16-10)19(4)8-6-11-5-7-14-9-11/h5,7,9-10,14H,6,8H2,1-4H3,(H,15,16,17). The van der Waals surface area contributed by atoms with Gasteiger partial charge < -0.3 is 14.8 Å². The van der Waals surface area contributed by atoms with Crippen molar-refractivity contribution in [1.82, 2.24) is 20.1 Å². The molecular formula is C13H22N6. The molecule has 2 heterocycles. The Bertz CT molecular complexity index is 459. The number of aromatic amines is 1. The fraction of sp³-hybridized carbons (Fsp3) is 0.538. The van der Waals surface area contributed by atoms with Crippen LogP contribution in [0.3, 0.4) is 0 Å². The summed E-state index contributed by atoms with van der Waals surface area (Å²) in [6.07, 6.45) is 4.93. The predicted octanol–water partition coefficient (Wildman–Crippen LogP) is 0.712. The number of nitrogens with zero attached hydrogens (tertiary/aromatic N) is 4. The minimum absolute atomic E-state index is 0.0386. The van der Waals surface area contributed by atoms with E-state index in [2.05, 4.69) is 31.3 Å². The Morgan fingerprint density at radius 2 is 1.95 bits per heavy atom. The first-order valence-electron chi connectivity index (χ1n) is 6.49. The first-order chi connectivity index (χ1) is 9.06. The lowest BCUT2D eigenvalue weighted by Crippen LogP contribution is -2.50. The predicted molar refractivity (Wildman–Crippen MR) is 78.3 cm³/mol. The SMILES string of the molecule is CC1N=C(N(C)C)NC(N(C)CCc2cc[nH]c2)=N1. The maximum atomic E-state index is 4.52. The van der Waals surface area contributed by atoms with Crippen molar-refractivity contribution in [3.63, 3.8) is 0 Å². The normalized spacial score (nSPS) is 18.4. The third-order valence-electron chi connectivity index (χ3n) is 3.03. The van der Waals surface area contributed by atoms with Gasteiger partial charge in [0.25, 0.3) is 0 Å². The molecule has 1 aromatic heterocycles. The highest BCUT2D eigenvalue weighted by molar-refractivity contribution is 5.99. The summed E-state index contributed by atoms with van der Waals surface area (Å²) >= 11 is 0. The van der Waals surface area contributed by atoms with Crippen molar-refractivity contribution in [1.29, 1.82) is 0 Å². The average Bonchev–Trinajstić information content (AvgIpc) is 2.88. The van der Waals surface area contributed by atoms with E-state index in [1.165, 1.54) is 5.56 Å². The van der Waals surface area contributed by atoms with Crippen LogP contribution in [0.2, 0.25) is 0 Å². The number of likely N-dealkylation sites (N-methyl/N-ethyl adjacent to an activating group) is 1. The van der Waals surface area contributed by atoms with E-state index in [-0.39, 0.29) is 6.17 Å². The number of aromatic nitrogens is 1. The Morgan fingerprint density at radius 1 is 1.21 bits per heavy atom. The summed E-state index contributed by atoms with van der Waals surface area (Å²) in [5.74, 6) is 1.73. The molecule has 6 nitrogen and oxygen atoms in total. The molecule has 1 atom stereocenters. The van der Waals surface area contributed by atoms with Gasteiger partial charge in [-0.15, -0.1) is 0 Å². The highest BCUT2D eigenvalue weighted by atomic mass is 15.4. The van der Waals surface area contributed by atoms with Crippen LogP contribution in [0.4, 0.5) is 0 Å². The number of rotatable bonds is 3. The van der Waals surface area contributed by atoms with Crippen LogP contribution in [-0.2, 0) is 6.42 Å². The molecule has 104 valence electrons. The van der Waals surface area contributed by atoms with Crippen LogP contribution in [0.1, 0.15) is 12.5 Å². The van der Waals surface area contributed by atoms with E-state index in [1.807, 2.05) is 45.4 Å². The molecule has 1 aliphatic heterocycles. The zero-order chi connectivity index (χ0) is 13.8. The number of nitrogens with one attached hydrogen (secondary N) is 2. The van der Waals surface area contributed by atoms with Crippen LogP contribution < -0.4 is 5.32 Å². The van der Waals surface area contributed by atoms with E-state index in [0.717, 1.165) is 24.9 Å². The molecule has 1 aliphatic rings. The lowest BCUT2D eigenvalue weighted by atomic mass is 10.2. The van der Waals surface area contributed by atoms with Crippen molar-refractivity contribution >= 4 is 11.9 Å². The first kappa shape index (κ1) is 13.5. The average molecular weight is 262 g/mol. The highest BCUT2D eigenvalue weighted by Crippen LogP contribution is 2.04. The fourth-order valence-electron chi connectivity index (χ4n) is 1.89. The van der Waals surface area contributed by atoms with Gasteiger partial charge >= 0.3 is 0 Å². The molecule has 2 N–H and O–H groups in total. The molecule has 0 aromatic carbocycles. The van der Waals surface area contributed by atoms with Gasteiger partial charge in [0.1, 0.15) is 6.17 Å². The molecule has 0 amide bonds. The fourth-order valence-corrected chi connectivity index (χ4v) is 1.89. The second-order valence-electron chi connectivity index (χ2n) is 4.95. The van der Waals surface area contributed by atoms with Gasteiger partial charge in [-0.3, -0.25) is 5.32 Å². The van der Waals surface area contributed by atoms with Crippen molar-refractivity contribution in [2.75, 3.05) is 27.7 Å². The van der Waals surface area contributed by atoms with Gasteiger partial charge in [0, 0.05) is 40.1 Å². The smallest absolute Gasteiger partial charge is 0.202 e. The number of hydrogen-bond acceptors (Lipinski definition) is 5. The van der Waals surface area contributed by atoms with Gasteiger partial charge in [-0.2, -0.15) is 0 Å². The molecule has 1 aromatic rings. The lowest BCUT2D eigenvalue weighted by Gasteiger charge is -2.29. The van der Waals surface area contributed by atoms with Crippen molar-refractivity contribution in [3.05, 3.63) is 24.0 Å². The Morgan fingerprint density at radius 3 is 2.58 bits per heavy atom. The first-order valence-corrected chi connectivity index (χ1v) is 6.49. The Hall–Kier alpha value is -1.98. The summed E-state index contributed by atoms with van der Waals surface area (Å²) in [5, 5.41) is 3.26. The van der Waals surface area contributed by atoms with Gasteiger partial charge in [-0.05, 0) is 25.0 Å². The molecule has 0 bridgehead atoms. The second kappa shape index (κ2) is 5.77. The summed E-state index contributed by atoms with van der Waals surface area (Å²) in [4.78, 5) is 16.1. The number of guanidine groups is 2. The van der Waals surface area contributed by atoms with Crippen molar-refractivity contribution < 1.29 is 0 Å². The summed E-state index contributed by atoms with van der Waals surface area (Å²) in [6, 6.07) is 2.10. The quantitative estimate of drug-likeness (QED) is 0.843. The van der Waals surface area contributed by atoms with Gasteiger partial charge in [0.05, 0.1) is 0 Å². The molecule has 6 heteroatoms. The van der Waals surface area contributed by atoms with E-state index in [4.69, 9.17) is 0 Å². The summed E-state index contributed by atoms with van der Waals surface area (Å²) < 4.78 is 0. The summed E-state index contributed by atoms with van der Waals surface area (Å²) in [5.41, 5.74) is 1.30. The van der Waals surface area contributed by atoms with Gasteiger partial charge in [0.2, 0.25) is 11.9 Å². The van der Waals surface area contributed by atoms with Gasteiger partial charge in [-0.1, -0.05) is 0 Å². The molecule has 2 rings (SSSR count). The molecule has 0 saturated carbocycles. The lowest BCUT2D eigenvalue weighted by molar-refractivity contribution is 0.476. The second-order valence-corrected chi connectivity index (χ2v) is 4.95. The van der Waals surface area contributed by atoms with Crippen LogP contribution in [-0.4, -0.2) is 60.6 Å². The van der Waals surface area contributed by atoms with Crippen LogP contribution in [0.15, 0.2) is 28.4 Å². The van der Waals surface area contributed by atoms with E-state index in [0.29, 0.717) is 0 Å². The van der Waals surface area contributed by atoms with Crippen molar-refractivity contribution in [3.8, 4) is 0 Å². The maximum absolute atomic E-state index is 4.52. The summed E-state index contributed by atoms with van der Waals surface area (Å²) in [7, 11) is 5.99. The summed E-state index contributed by atoms with van der Waals surface area (Å²) in [6.45, 7) is 2.90. The molecule has 19 heavy (non-hydrogen) atoms. The zero-order valence-corrected chi connectivity index (χ0v) is 12.0. The number of H-pyrrole nitrogens is 1. The Labute approximate surface area is 114 Å². The van der Waals surface area contributed by atoms with E-state index < -0.39 is 0 Å². The van der Waals surface area contributed by atoms with Gasteiger partial charge in [-0.25, -0.2) is 9.98 Å². The largest absolute Gasteiger partial charge is 0.367 e. The Balaban J connectivity index is 1.93. The molecule has 0 saturated heterocycles. The highest BCUT2D eigenvalue weighted by Gasteiger charge is 2.17. The topological polar surface area (TPSA) is 59.0 Å². The van der Waals surface area contributed by atoms with Crippen LogP contribution in [0, 0.1) is 0 Å². The van der Waals surface area contributed by atoms with Crippen LogP contribution in [0.25, 0.3) is 0 Å². The molecule has 0 radical (unpaired) electrons. The number of hydrogen-bond donors (Lipinski definition) is 2. The van der Waals surface area contributed by atoms with Gasteiger partial charge in [0.15, 0.2) is 0 Å². The van der Waals surface area contributed by atoms with Crippen LogP contribution >= 0.6 is 0 Å². The molecule has 1 unspecified atom stereocenters. The Kier molecular flexibility index (Phi) is 4.09. The van der Waals surface area contributed by atoms with E-state index in [1.54, 1.807) is 0 Å². The maximum Gasteiger partial charge on any atom is 0.202 e. The van der Waals surface area contributed by atoms with Crippen LogP contribution in [0.5, 0.6) is 0 Å². The third-order valence-corrected chi connectivity index (χ3v) is 3.03.